The van der Waals surface area contributed by atoms with Crippen LogP contribution in [0.2, 0.25) is 0 Å². The van der Waals surface area contributed by atoms with Gasteiger partial charge in [-0.2, -0.15) is 0 Å². The molecule has 0 bridgehead atoms. The minimum absolute atomic E-state index is 0.567. The van der Waals surface area contributed by atoms with Crippen molar-refractivity contribution in [3.05, 3.63) is 24.0 Å². The number of aryl methyl sites for hydroxylation is 1. The summed E-state index contributed by atoms with van der Waals surface area (Å²) < 4.78 is 5.56. The molecular formula is C10H15NO. The summed E-state index contributed by atoms with van der Waals surface area (Å²) in [5.41, 5.74) is 1.10. The van der Waals surface area contributed by atoms with Crippen LogP contribution in [0.1, 0.15) is 19.4 Å². The van der Waals surface area contributed by atoms with Crippen LogP contribution in [0.3, 0.4) is 0 Å². The lowest BCUT2D eigenvalue weighted by atomic mass is 10.2. The molecule has 0 saturated heterocycles. The Hall–Kier alpha value is -1.05. The van der Waals surface area contributed by atoms with Crippen molar-refractivity contribution in [2.45, 2.75) is 20.8 Å². The first kappa shape index (κ1) is 9.04. The van der Waals surface area contributed by atoms with Gasteiger partial charge in [-0.15, -0.1) is 0 Å². The number of rotatable bonds is 3. The van der Waals surface area contributed by atoms with E-state index in [2.05, 4.69) is 18.8 Å². The third-order valence-electron chi connectivity index (χ3n) is 1.54. The Bertz CT molecular complexity index is 245. The highest BCUT2D eigenvalue weighted by molar-refractivity contribution is 5.28. The monoisotopic (exact) mass is 165 g/mol. The van der Waals surface area contributed by atoms with Crippen molar-refractivity contribution >= 4 is 0 Å². The molecule has 0 saturated carbocycles. The van der Waals surface area contributed by atoms with Gasteiger partial charge in [0.25, 0.3) is 0 Å². The van der Waals surface area contributed by atoms with E-state index in [4.69, 9.17) is 4.74 Å². The SMILES string of the molecule is Cc1cnccc1OCC(C)C. The van der Waals surface area contributed by atoms with Crippen molar-refractivity contribution in [1.29, 1.82) is 0 Å². The van der Waals surface area contributed by atoms with Crippen LogP contribution in [0, 0.1) is 12.8 Å². The van der Waals surface area contributed by atoms with Gasteiger partial charge in [-0.1, -0.05) is 13.8 Å². The third kappa shape index (κ3) is 2.53. The lowest BCUT2D eigenvalue weighted by molar-refractivity contribution is 0.269. The lowest BCUT2D eigenvalue weighted by Crippen LogP contribution is -2.05. The van der Waals surface area contributed by atoms with Crippen LogP contribution in [-0.4, -0.2) is 11.6 Å². The zero-order valence-corrected chi connectivity index (χ0v) is 7.87. The predicted octanol–water partition coefficient (Wildman–Crippen LogP) is 2.42. The molecule has 0 amide bonds. The van der Waals surface area contributed by atoms with Gasteiger partial charge in [0, 0.05) is 18.0 Å². The van der Waals surface area contributed by atoms with Crippen molar-refractivity contribution in [3.8, 4) is 5.75 Å². The molecule has 0 radical (unpaired) electrons. The van der Waals surface area contributed by atoms with E-state index in [0.717, 1.165) is 17.9 Å². The molecular weight excluding hydrogens is 150 g/mol. The Morgan fingerprint density at radius 2 is 2.25 bits per heavy atom. The van der Waals surface area contributed by atoms with Gasteiger partial charge in [0.1, 0.15) is 5.75 Å². The predicted molar refractivity (Wildman–Crippen MR) is 49.3 cm³/mol. The molecule has 12 heavy (non-hydrogen) atoms. The summed E-state index contributed by atoms with van der Waals surface area (Å²) in [4.78, 5) is 3.99. The Kier molecular flexibility index (Phi) is 3.09. The molecule has 0 aliphatic carbocycles. The Labute approximate surface area is 73.6 Å². The maximum absolute atomic E-state index is 5.56. The summed E-state index contributed by atoms with van der Waals surface area (Å²) in [7, 11) is 0. The molecule has 0 aliphatic rings. The second-order valence-corrected chi connectivity index (χ2v) is 3.35. The highest BCUT2D eigenvalue weighted by atomic mass is 16.5. The highest BCUT2D eigenvalue weighted by Crippen LogP contribution is 2.15. The van der Waals surface area contributed by atoms with E-state index in [1.807, 2.05) is 19.2 Å². The van der Waals surface area contributed by atoms with Crippen LogP contribution in [0.4, 0.5) is 0 Å². The first-order valence-corrected chi connectivity index (χ1v) is 4.23. The first-order chi connectivity index (χ1) is 5.70. The minimum Gasteiger partial charge on any atom is -0.493 e. The summed E-state index contributed by atoms with van der Waals surface area (Å²) in [5, 5.41) is 0. The van der Waals surface area contributed by atoms with Gasteiger partial charge >= 0.3 is 0 Å². The zero-order chi connectivity index (χ0) is 8.97. The molecule has 0 unspecified atom stereocenters. The van der Waals surface area contributed by atoms with Gasteiger partial charge in [0.05, 0.1) is 6.61 Å². The first-order valence-electron chi connectivity index (χ1n) is 4.23. The number of hydrogen-bond donors (Lipinski definition) is 0. The van der Waals surface area contributed by atoms with Gasteiger partial charge < -0.3 is 4.74 Å². The van der Waals surface area contributed by atoms with Gasteiger partial charge in [-0.25, -0.2) is 0 Å². The number of hydrogen-bond acceptors (Lipinski definition) is 2. The highest BCUT2D eigenvalue weighted by Gasteiger charge is 1.99. The van der Waals surface area contributed by atoms with Gasteiger partial charge in [-0.3, -0.25) is 4.98 Å². The van der Waals surface area contributed by atoms with Crippen molar-refractivity contribution in [1.82, 2.24) is 4.98 Å². The number of pyridine rings is 1. The van der Waals surface area contributed by atoms with Gasteiger partial charge in [-0.05, 0) is 18.9 Å². The summed E-state index contributed by atoms with van der Waals surface area (Å²) >= 11 is 0. The van der Waals surface area contributed by atoms with E-state index in [0.29, 0.717) is 5.92 Å². The van der Waals surface area contributed by atoms with E-state index in [1.54, 1.807) is 6.20 Å². The quantitative estimate of drug-likeness (QED) is 0.686. The van der Waals surface area contributed by atoms with Crippen LogP contribution in [-0.2, 0) is 0 Å². The van der Waals surface area contributed by atoms with Crippen LogP contribution < -0.4 is 4.74 Å². The maximum atomic E-state index is 5.56. The largest absolute Gasteiger partial charge is 0.493 e. The van der Waals surface area contributed by atoms with Crippen LogP contribution in [0.25, 0.3) is 0 Å². The molecule has 66 valence electrons. The molecule has 2 heteroatoms. The average molecular weight is 165 g/mol. The molecule has 1 rings (SSSR count). The summed E-state index contributed by atoms with van der Waals surface area (Å²) in [6.45, 7) is 7.04. The van der Waals surface area contributed by atoms with Crippen LogP contribution in [0.5, 0.6) is 5.75 Å². The Morgan fingerprint density at radius 3 is 2.83 bits per heavy atom. The van der Waals surface area contributed by atoms with E-state index in [-0.39, 0.29) is 0 Å². The molecule has 0 aromatic carbocycles. The third-order valence-corrected chi connectivity index (χ3v) is 1.54. The molecule has 0 fully saturated rings. The van der Waals surface area contributed by atoms with E-state index in [9.17, 15) is 0 Å². The Balaban J connectivity index is 2.57. The topological polar surface area (TPSA) is 22.1 Å². The van der Waals surface area contributed by atoms with Crippen LogP contribution in [0.15, 0.2) is 18.5 Å². The second-order valence-electron chi connectivity index (χ2n) is 3.35. The molecule has 1 aromatic rings. The molecule has 1 heterocycles. The summed E-state index contributed by atoms with van der Waals surface area (Å²) in [6.07, 6.45) is 3.57. The van der Waals surface area contributed by atoms with E-state index in [1.165, 1.54) is 0 Å². The second kappa shape index (κ2) is 4.10. The van der Waals surface area contributed by atoms with Crippen molar-refractivity contribution in [2.75, 3.05) is 6.61 Å². The summed E-state index contributed by atoms with van der Waals surface area (Å²) in [5.74, 6) is 1.51. The fourth-order valence-electron chi connectivity index (χ4n) is 0.879. The molecule has 0 atom stereocenters. The summed E-state index contributed by atoms with van der Waals surface area (Å²) in [6, 6.07) is 1.90. The normalized spacial score (nSPS) is 10.3. The molecule has 0 spiro atoms. The smallest absolute Gasteiger partial charge is 0.125 e. The number of aromatic nitrogens is 1. The fraction of sp³-hybridized carbons (Fsp3) is 0.500. The van der Waals surface area contributed by atoms with Crippen LogP contribution >= 0.6 is 0 Å². The average Bonchev–Trinajstić information content (AvgIpc) is 2.03. The van der Waals surface area contributed by atoms with Crippen molar-refractivity contribution in [3.63, 3.8) is 0 Å². The standard InChI is InChI=1S/C10H15NO/c1-8(2)7-12-10-4-5-11-6-9(10)3/h4-6,8H,7H2,1-3H3. The van der Waals surface area contributed by atoms with Crippen molar-refractivity contribution < 1.29 is 4.74 Å². The molecule has 1 aromatic heterocycles. The molecule has 0 N–H and O–H groups in total. The van der Waals surface area contributed by atoms with E-state index < -0.39 is 0 Å². The zero-order valence-electron chi connectivity index (χ0n) is 7.87. The minimum atomic E-state index is 0.567. The number of nitrogens with zero attached hydrogens (tertiary/aromatic N) is 1. The van der Waals surface area contributed by atoms with Gasteiger partial charge in [0.15, 0.2) is 0 Å². The molecule has 2 nitrogen and oxygen atoms in total. The Morgan fingerprint density at radius 1 is 1.50 bits per heavy atom. The fourth-order valence-corrected chi connectivity index (χ4v) is 0.879. The van der Waals surface area contributed by atoms with Crippen molar-refractivity contribution in [2.24, 2.45) is 5.92 Å². The molecule has 0 aliphatic heterocycles. The van der Waals surface area contributed by atoms with E-state index >= 15 is 0 Å². The number of ether oxygens (including phenoxy) is 1. The van der Waals surface area contributed by atoms with Gasteiger partial charge in [0.2, 0.25) is 0 Å². The maximum Gasteiger partial charge on any atom is 0.125 e. The lowest BCUT2D eigenvalue weighted by Gasteiger charge is -2.09.